The standard InChI is InChI=1S/C46H28N2O2/c1-5-13-29(14-6-1)33-21-23-40-36(25-33)43-42(49-40)27-35(45-44(43)37-26-34(22-24-41(37)50-45)30-15-7-2-8-16-30)39-28-38(31-17-9-3-10-18-31)47-46(48-39)32-19-11-4-12-20-32/h1-28H. The van der Waals surface area contributed by atoms with Crippen LogP contribution in [0.25, 0.3) is 100 Å². The van der Waals surface area contributed by atoms with Gasteiger partial charge >= 0.3 is 0 Å². The number of fused-ring (bicyclic) bond motifs is 7. The highest BCUT2D eigenvalue weighted by Crippen LogP contribution is 2.46. The predicted octanol–water partition coefficient (Wildman–Crippen LogP) is 12.6. The summed E-state index contributed by atoms with van der Waals surface area (Å²) in [5.41, 5.74) is 12.1. The van der Waals surface area contributed by atoms with Gasteiger partial charge in [0.05, 0.1) is 11.4 Å². The lowest BCUT2D eigenvalue weighted by molar-refractivity contribution is 0.663. The largest absolute Gasteiger partial charge is 0.456 e. The highest BCUT2D eigenvalue weighted by atomic mass is 16.3. The molecule has 234 valence electrons. The molecular weight excluding hydrogens is 613 g/mol. The molecule has 0 bridgehead atoms. The van der Waals surface area contributed by atoms with Crippen molar-refractivity contribution in [3.05, 3.63) is 170 Å². The van der Waals surface area contributed by atoms with E-state index in [1.165, 1.54) is 0 Å². The fourth-order valence-corrected chi connectivity index (χ4v) is 7.08. The normalized spacial score (nSPS) is 11.6. The third-order valence-electron chi connectivity index (χ3n) is 9.49. The van der Waals surface area contributed by atoms with Gasteiger partial charge in [-0.3, -0.25) is 0 Å². The maximum Gasteiger partial charge on any atom is 0.160 e. The van der Waals surface area contributed by atoms with Gasteiger partial charge in [0.1, 0.15) is 22.3 Å². The number of hydrogen-bond donors (Lipinski definition) is 0. The minimum absolute atomic E-state index is 0.648. The highest BCUT2D eigenvalue weighted by Gasteiger charge is 2.23. The minimum Gasteiger partial charge on any atom is -0.456 e. The summed E-state index contributed by atoms with van der Waals surface area (Å²) in [5, 5.41) is 4.11. The molecule has 0 spiro atoms. The van der Waals surface area contributed by atoms with Crippen LogP contribution < -0.4 is 0 Å². The third-order valence-corrected chi connectivity index (χ3v) is 9.49. The van der Waals surface area contributed by atoms with Gasteiger partial charge in [-0.05, 0) is 58.7 Å². The van der Waals surface area contributed by atoms with Crippen LogP contribution in [0, 0.1) is 0 Å². The predicted molar refractivity (Wildman–Crippen MR) is 204 cm³/mol. The van der Waals surface area contributed by atoms with Crippen molar-refractivity contribution in [2.45, 2.75) is 0 Å². The molecule has 10 rings (SSSR count). The van der Waals surface area contributed by atoms with Crippen molar-refractivity contribution in [1.82, 2.24) is 9.97 Å². The quantitative estimate of drug-likeness (QED) is 0.188. The maximum absolute atomic E-state index is 6.86. The Hall–Kier alpha value is -6.78. The van der Waals surface area contributed by atoms with E-state index in [0.717, 1.165) is 94.2 Å². The highest BCUT2D eigenvalue weighted by molar-refractivity contribution is 6.28. The topological polar surface area (TPSA) is 52.1 Å². The van der Waals surface area contributed by atoms with Gasteiger partial charge < -0.3 is 8.83 Å². The van der Waals surface area contributed by atoms with Gasteiger partial charge in [-0.2, -0.15) is 0 Å². The Balaban J connectivity index is 1.31. The molecule has 50 heavy (non-hydrogen) atoms. The smallest absolute Gasteiger partial charge is 0.160 e. The molecule has 0 saturated carbocycles. The number of furan rings is 2. The Bertz CT molecular complexity index is 2780. The van der Waals surface area contributed by atoms with E-state index in [0.29, 0.717) is 5.82 Å². The van der Waals surface area contributed by atoms with E-state index < -0.39 is 0 Å². The second kappa shape index (κ2) is 11.4. The monoisotopic (exact) mass is 640 g/mol. The number of rotatable bonds is 5. The molecular formula is C46H28N2O2. The van der Waals surface area contributed by atoms with Crippen LogP contribution in [0.4, 0.5) is 0 Å². The lowest BCUT2D eigenvalue weighted by atomic mass is 9.96. The van der Waals surface area contributed by atoms with E-state index in [1.54, 1.807) is 0 Å². The van der Waals surface area contributed by atoms with Crippen molar-refractivity contribution in [1.29, 1.82) is 0 Å². The third kappa shape index (κ3) is 4.69. The number of benzene rings is 7. The van der Waals surface area contributed by atoms with Gasteiger partial charge in [-0.1, -0.05) is 133 Å². The molecule has 3 aromatic heterocycles. The van der Waals surface area contributed by atoms with Crippen LogP contribution in [0.1, 0.15) is 0 Å². The van der Waals surface area contributed by atoms with E-state index in [1.807, 2.05) is 60.7 Å². The molecule has 0 unspecified atom stereocenters. The first kappa shape index (κ1) is 28.3. The van der Waals surface area contributed by atoms with Crippen molar-refractivity contribution in [2.75, 3.05) is 0 Å². The summed E-state index contributed by atoms with van der Waals surface area (Å²) < 4.78 is 13.6. The molecule has 0 amide bonds. The fourth-order valence-electron chi connectivity index (χ4n) is 7.08. The minimum atomic E-state index is 0.648. The molecule has 0 N–H and O–H groups in total. The average molecular weight is 641 g/mol. The van der Waals surface area contributed by atoms with E-state index >= 15 is 0 Å². The Labute approximate surface area is 287 Å². The van der Waals surface area contributed by atoms with E-state index in [2.05, 4.69) is 109 Å². The zero-order chi connectivity index (χ0) is 33.0. The van der Waals surface area contributed by atoms with Crippen molar-refractivity contribution in [3.8, 4) is 56.2 Å². The van der Waals surface area contributed by atoms with Gasteiger partial charge in [-0.15, -0.1) is 0 Å². The van der Waals surface area contributed by atoms with Gasteiger partial charge in [0, 0.05) is 38.2 Å². The summed E-state index contributed by atoms with van der Waals surface area (Å²) in [6, 6.07) is 58.3. The van der Waals surface area contributed by atoms with Crippen molar-refractivity contribution < 1.29 is 8.83 Å². The summed E-state index contributed by atoms with van der Waals surface area (Å²) in [5.74, 6) is 0.648. The summed E-state index contributed by atoms with van der Waals surface area (Å²) in [6.07, 6.45) is 0. The average Bonchev–Trinajstić information content (AvgIpc) is 3.76. The second-order valence-corrected chi connectivity index (χ2v) is 12.6. The van der Waals surface area contributed by atoms with Crippen LogP contribution in [0.5, 0.6) is 0 Å². The summed E-state index contributed by atoms with van der Waals surface area (Å²) in [7, 11) is 0. The van der Waals surface area contributed by atoms with Crippen LogP contribution in [0.2, 0.25) is 0 Å². The molecule has 0 saturated heterocycles. The zero-order valence-electron chi connectivity index (χ0n) is 26.9. The molecule has 10 aromatic rings. The van der Waals surface area contributed by atoms with Gasteiger partial charge in [0.2, 0.25) is 0 Å². The second-order valence-electron chi connectivity index (χ2n) is 12.6. The van der Waals surface area contributed by atoms with Gasteiger partial charge in [0.25, 0.3) is 0 Å². The molecule has 0 aliphatic heterocycles. The Kier molecular flexibility index (Phi) is 6.46. The van der Waals surface area contributed by atoms with Crippen molar-refractivity contribution >= 4 is 43.9 Å². The SMILES string of the molecule is c1ccc(-c2ccc3oc4cc(-c5cc(-c6ccccc6)nc(-c6ccccc6)n5)c5oc6ccc(-c7ccccc7)cc6c5c4c3c2)cc1. The van der Waals surface area contributed by atoms with Crippen LogP contribution in [0.3, 0.4) is 0 Å². The summed E-state index contributed by atoms with van der Waals surface area (Å²) in [6.45, 7) is 0. The first-order valence-corrected chi connectivity index (χ1v) is 16.7. The molecule has 7 aromatic carbocycles. The summed E-state index contributed by atoms with van der Waals surface area (Å²) in [4.78, 5) is 10.2. The Morgan fingerprint density at radius 2 is 0.840 bits per heavy atom. The zero-order valence-corrected chi connectivity index (χ0v) is 26.9. The first-order valence-electron chi connectivity index (χ1n) is 16.7. The molecule has 0 atom stereocenters. The molecule has 0 aliphatic rings. The van der Waals surface area contributed by atoms with Crippen LogP contribution >= 0.6 is 0 Å². The number of nitrogens with zero attached hydrogens (tertiary/aromatic N) is 2. The van der Waals surface area contributed by atoms with Crippen LogP contribution in [-0.2, 0) is 0 Å². The van der Waals surface area contributed by atoms with Crippen molar-refractivity contribution in [2.24, 2.45) is 0 Å². The maximum atomic E-state index is 6.86. The van der Waals surface area contributed by atoms with Crippen molar-refractivity contribution in [3.63, 3.8) is 0 Å². The Morgan fingerprint density at radius 3 is 1.44 bits per heavy atom. The molecule has 4 heteroatoms. The number of aromatic nitrogens is 2. The van der Waals surface area contributed by atoms with Gasteiger partial charge in [-0.25, -0.2) is 9.97 Å². The molecule has 0 aliphatic carbocycles. The molecule has 4 nitrogen and oxygen atoms in total. The van der Waals surface area contributed by atoms with E-state index in [-0.39, 0.29) is 0 Å². The summed E-state index contributed by atoms with van der Waals surface area (Å²) >= 11 is 0. The first-order chi connectivity index (χ1) is 24.8. The van der Waals surface area contributed by atoms with E-state index in [4.69, 9.17) is 18.8 Å². The number of hydrogen-bond acceptors (Lipinski definition) is 4. The molecule has 0 radical (unpaired) electrons. The van der Waals surface area contributed by atoms with Gasteiger partial charge in [0.15, 0.2) is 5.82 Å². The van der Waals surface area contributed by atoms with E-state index in [9.17, 15) is 0 Å². The van der Waals surface area contributed by atoms with Crippen LogP contribution in [0.15, 0.2) is 179 Å². The lowest BCUT2D eigenvalue weighted by Gasteiger charge is -2.10. The Morgan fingerprint density at radius 1 is 0.340 bits per heavy atom. The molecule has 3 heterocycles. The van der Waals surface area contributed by atoms with Crippen LogP contribution in [-0.4, -0.2) is 9.97 Å². The fraction of sp³-hybridized carbons (Fsp3) is 0. The lowest BCUT2D eigenvalue weighted by Crippen LogP contribution is -1.96. The molecule has 0 fully saturated rings.